The van der Waals surface area contributed by atoms with Crippen LogP contribution in [0, 0.1) is 0 Å². The van der Waals surface area contributed by atoms with E-state index in [-0.39, 0.29) is 24.8 Å². The van der Waals surface area contributed by atoms with E-state index in [1.807, 2.05) is 0 Å². The Kier molecular flexibility index (Phi) is 5.06. The van der Waals surface area contributed by atoms with Gasteiger partial charge in [0.15, 0.2) is 0 Å². The van der Waals surface area contributed by atoms with Crippen LogP contribution in [0.2, 0.25) is 0 Å². The first-order valence-corrected chi connectivity index (χ1v) is 5.43. The predicted octanol–water partition coefficient (Wildman–Crippen LogP) is 2.08. The molecule has 2 aliphatic heterocycles. The van der Waals surface area contributed by atoms with E-state index < -0.39 is 0 Å². The van der Waals surface area contributed by atoms with E-state index in [0.717, 1.165) is 18.6 Å². The van der Waals surface area contributed by atoms with Gasteiger partial charge in [0, 0.05) is 31.7 Å². The number of rotatable bonds is 2. The monoisotopic (exact) mass is 260 g/mol. The van der Waals surface area contributed by atoms with Crippen molar-refractivity contribution in [2.24, 2.45) is 0 Å². The van der Waals surface area contributed by atoms with E-state index in [1.54, 1.807) is 0 Å². The molecule has 2 atom stereocenters. The van der Waals surface area contributed by atoms with E-state index in [1.165, 1.54) is 25.1 Å². The molecule has 0 radical (unpaired) electrons. The highest BCUT2D eigenvalue weighted by molar-refractivity contribution is 5.85. The van der Waals surface area contributed by atoms with Gasteiger partial charge in [-0.2, -0.15) is 0 Å². The number of hydrogen-bond acceptors (Lipinski definition) is 2. The summed E-state index contributed by atoms with van der Waals surface area (Å²) in [5.74, 6) is 0. The largest absolute Gasteiger partial charge is 0.311 e. The Bertz CT molecular complexity index is 318. The Labute approximate surface area is 109 Å². The molecule has 2 bridgehead atoms. The summed E-state index contributed by atoms with van der Waals surface area (Å²) in [6.07, 6.45) is 1.35. The summed E-state index contributed by atoms with van der Waals surface area (Å²) in [6.45, 7) is 3.56. The summed E-state index contributed by atoms with van der Waals surface area (Å²) in [7, 11) is 0. The summed E-state index contributed by atoms with van der Waals surface area (Å²) >= 11 is 0. The lowest BCUT2D eigenvalue weighted by Gasteiger charge is -2.27. The van der Waals surface area contributed by atoms with Crippen molar-refractivity contribution < 1.29 is 0 Å². The first kappa shape index (κ1) is 13.8. The number of nitrogens with zero attached hydrogens (tertiary/aromatic N) is 1. The lowest BCUT2D eigenvalue weighted by molar-refractivity contribution is 0.218. The van der Waals surface area contributed by atoms with Crippen molar-refractivity contribution in [3.05, 3.63) is 35.9 Å². The summed E-state index contributed by atoms with van der Waals surface area (Å²) in [5.41, 5.74) is 1.44. The van der Waals surface area contributed by atoms with E-state index in [2.05, 4.69) is 40.5 Å². The van der Waals surface area contributed by atoms with Crippen molar-refractivity contribution >= 4 is 24.8 Å². The first-order chi connectivity index (χ1) is 6.92. The van der Waals surface area contributed by atoms with Crippen molar-refractivity contribution in [2.75, 3.05) is 13.1 Å². The van der Waals surface area contributed by atoms with E-state index in [4.69, 9.17) is 0 Å². The second-order valence-electron chi connectivity index (χ2n) is 4.41. The maximum absolute atomic E-state index is 3.53. The standard InChI is InChI=1S/C12H16N2.2ClH/c1-2-4-10(5-3-1)8-14-9-11-6-12(14)7-13-11;;/h1-5,11-13H,6-9H2;2*1H/t11-,12+;;/m1../s1. The quantitative estimate of drug-likeness (QED) is 0.876. The fourth-order valence-electron chi connectivity index (χ4n) is 2.66. The molecule has 0 spiro atoms. The van der Waals surface area contributed by atoms with Crippen molar-refractivity contribution in [2.45, 2.75) is 25.0 Å². The van der Waals surface area contributed by atoms with Gasteiger partial charge in [0.2, 0.25) is 0 Å². The maximum atomic E-state index is 3.53. The van der Waals surface area contributed by atoms with Crippen LogP contribution >= 0.6 is 24.8 Å². The lowest BCUT2D eigenvalue weighted by atomic mass is 10.2. The van der Waals surface area contributed by atoms with Crippen LogP contribution in [0.5, 0.6) is 0 Å². The molecule has 0 unspecified atom stereocenters. The second kappa shape index (κ2) is 5.87. The summed E-state index contributed by atoms with van der Waals surface area (Å²) in [5, 5.41) is 3.53. The molecule has 0 saturated carbocycles. The molecule has 0 aromatic heterocycles. The molecule has 2 nitrogen and oxygen atoms in total. The minimum atomic E-state index is 0. The third-order valence-corrected chi connectivity index (χ3v) is 3.40. The van der Waals surface area contributed by atoms with Gasteiger partial charge in [0.25, 0.3) is 0 Å². The molecular formula is C12H18Cl2N2. The van der Waals surface area contributed by atoms with Crippen LogP contribution in [-0.4, -0.2) is 30.1 Å². The number of halogens is 2. The topological polar surface area (TPSA) is 15.3 Å². The number of benzene rings is 1. The van der Waals surface area contributed by atoms with Gasteiger partial charge in [0.05, 0.1) is 0 Å². The van der Waals surface area contributed by atoms with Crippen LogP contribution in [0.4, 0.5) is 0 Å². The summed E-state index contributed by atoms with van der Waals surface area (Å²) < 4.78 is 0. The SMILES string of the molecule is Cl.Cl.c1ccc(CN2C[C@H]3C[C@H]2CN3)cc1. The van der Waals surface area contributed by atoms with Gasteiger partial charge in [-0.15, -0.1) is 24.8 Å². The van der Waals surface area contributed by atoms with Gasteiger partial charge in [-0.05, 0) is 12.0 Å². The molecule has 90 valence electrons. The van der Waals surface area contributed by atoms with Crippen molar-refractivity contribution in [1.82, 2.24) is 10.2 Å². The zero-order valence-corrected chi connectivity index (χ0v) is 10.8. The van der Waals surface area contributed by atoms with E-state index in [0.29, 0.717) is 0 Å². The van der Waals surface area contributed by atoms with E-state index in [9.17, 15) is 0 Å². The molecule has 16 heavy (non-hydrogen) atoms. The highest BCUT2D eigenvalue weighted by atomic mass is 35.5. The normalized spacial score (nSPS) is 27.2. The molecule has 0 aliphatic carbocycles. The van der Waals surface area contributed by atoms with Gasteiger partial charge in [-0.1, -0.05) is 30.3 Å². The summed E-state index contributed by atoms with van der Waals surface area (Å²) in [4.78, 5) is 2.61. The third-order valence-electron chi connectivity index (χ3n) is 3.40. The highest BCUT2D eigenvalue weighted by Gasteiger charge is 2.36. The van der Waals surface area contributed by atoms with Crippen molar-refractivity contribution in [3.63, 3.8) is 0 Å². The molecule has 3 rings (SSSR count). The number of fused-ring (bicyclic) bond motifs is 2. The van der Waals surface area contributed by atoms with Gasteiger partial charge < -0.3 is 5.32 Å². The minimum absolute atomic E-state index is 0. The molecule has 2 aliphatic rings. The third kappa shape index (κ3) is 2.69. The molecule has 0 amide bonds. The van der Waals surface area contributed by atoms with Gasteiger partial charge in [0.1, 0.15) is 0 Å². The Morgan fingerprint density at radius 1 is 1.19 bits per heavy atom. The van der Waals surface area contributed by atoms with E-state index >= 15 is 0 Å². The van der Waals surface area contributed by atoms with Gasteiger partial charge in [-0.3, -0.25) is 4.90 Å². The number of piperazine rings is 1. The van der Waals surface area contributed by atoms with Crippen molar-refractivity contribution in [1.29, 1.82) is 0 Å². The number of nitrogens with one attached hydrogen (secondary N) is 1. The fraction of sp³-hybridized carbons (Fsp3) is 0.500. The maximum Gasteiger partial charge on any atom is 0.0240 e. The highest BCUT2D eigenvalue weighted by Crippen LogP contribution is 2.24. The first-order valence-electron chi connectivity index (χ1n) is 5.43. The van der Waals surface area contributed by atoms with Gasteiger partial charge >= 0.3 is 0 Å². The van der Waals surface area contributed by atoms with Gasteiger partial charge in [-0.25, -0.2) is 0 Å². The molecule has 1 N–H and O–H groups in total. The number of hydrogen-bond donors (Lipinski definition) is 1. The van der Waals surface area contributed by atoms with Crippen molar-refractivity contribution in [3.8, 4) is 0 Å². The smallest absolute Gasteiger partial charge is 0.0240 e. The second-order valence-corrected chi connectivity index (χ2v) is 4.41. The molecule has 2 heterocycles. The Morgan fingerprint density at radius 3 is 2.50 bits per heavy atom. The zero-order valence-electron chi connectivity index (χ0n) is 9.13. The molecule has 2 saturated heterocycles. The van der Waals surface area contributed by atoms with Crippen LogP contribution in [0.3, 0.4) is 0 Å². The average Bonchev–Trinajstić information content (AvgIpc) is 2.81. The molecule has 1 aromatic carbocycles. The summed E-state index contributed by atoms with van der Waals surface area (Å²) in [6, 6.07) is 12.3. The average molecular weight is 261 g/mol. The Hall–Kier alpha value is -0.280. The zero-order chi connectivity index (χ0) is 9.38. The molecule has 4 heteroatoms. The fourth-order valence-corrected chi connectivity index (χ4v) is 2.66. The number of likely N-dealkylation sites (tertiary alicyclic amines) is 1. The van der Waals surface area contributed by atoms with Crippen LogP contribution in [0.25, 0.3) is 0 Å². The lowest BCUT2D eigenvalue weighted by Crippen LogP contribution is -2.42. The Morgan fingerprint density at radius 2 is 1.94 bits per heavy atom. The van der Waals surface area contributed by atoms with Crippen LogP contribution in [0.15, 0.2) is 30.3 Å². The Balaban J connectivity index is 0.000000640. The molecule has 2 fully saturated rings. The van der Waals surface area contributed by atoms with Crippen LogP contribution in [0.1, 0.15) is 12.0 Å². The minimum Gasteiger partial charge on any atom is -0.311 e. The van der Waals surface area contributed by atoms with Crippen LogP contribution < -0.4 is 5.32 Å². The predicted molar refractivity (Wildman–Crippen MR) is 71.5 cm³/mol. The molecule has 1 aromatic rings. The van der Waals surface area contributed by atoms with Crippen LogP contribution in [-0.2, 0) is 6.54 Å². The molecular weight excluding hydrogens is 243 g/mol.